The highest BCUT2D eigenvalue weighted by Crippen LogP contribution is 2.38. The Bertz CT molecular complexity index is 1490. The lowest BCUT2D eigenvalue weighted by Gasteiger charge is -2.30. The van der Waals surface area contributed by atoms with Crippen LogP contribution in [0.25, 0.3) is 28.6 Å². The molecular weight excluding hydrogens is 546 g/mol. The highest BCUT2D eigenvalue weighted by Gasteiger charge is 2.32. The molecule has 3 aromatic heterocycles. The summed E-state index contributed by atoms with van der Waals surface area (Å²) in [5.41, 5.74) is -0.364. The van der Waals surface area contributed by atoms with Crippen LogP contribution in [-0.2, 0) is 11.0 Å². The smallest absolute Gasteiger partial charge is 0.417 e. The second kappa shape index (κ2) is 9.13. The molecule has 1 fully saturated rings. The fourth-order valence-electron chi connectivity index (χ4n) is 3.79. The van der Waals surface area contributed by atoms with Gasteiger partial charge in [0.15, 0.2) is 5.65 Å². The van der Waals surface area contributed by atoms with Crippen LogP contribution in [-0.4, -0.2) is 50.0 Å². The molecule has 0 saturated carbocycles. The molecule has 0 spiro atoms. The van der Waals surface area contributed by atoms with E-state index in [-0.39, 0.29) is 50.1 Å². The number of nitrogens with zero attached hydrogens (tertiary/aromatic N) is 5. The average molecular weight is 561 g/mol. The number of likely N-dealkylation sites (tertiary alicyclic amines) is 1. The predicted molar refractivity (Wildman–Crippen MR) is 125 cm³/mol. The quantitative estimate of drug-likeness (QED) is 0.303. The molecule has 4 aromatic rings. The van der Waals surface area contributed by atoms with Crippen molar-refractivity contribution in [1.82, 2.24) is 24.4 Å². The maximum Gasteiger partial charge on any atom is 0.417 e. The summed E-state index contributed by atoms with van der Waals surface area (Å²) < 4.78 is 51.6. The van der Waals surface area contributed by atoms with E-state index in [0.29, 0.717) is 30.7 Å². The van der Waals surface area contributed by atoms with Crippen molar-refractivity contribution in [2.45, 2.75) is 25.1 Å². The number of piperidine rings is 1. The van der Waals surface area contributed by atoms with Crippen LogP contribution in [0.15, 0.2) is 35.1 Å². The number of fused-ring (bicyclic) bond motifs is 1. The van der Waals surface area contributed by atoms with Crippen molar-refractivity contribution >= 4 is 46.4 Å². The minimum absolute atomic E-state index is 0.0518. The van der Waals surface area contributed by atoms with Gasteiger partial charge in [0.25, 0.3) is 5.89 Å². The molecule has 1 aliphatic rings. The lowest BCUT2D eigenvalue weighted by Crippen LogP contribution is -2.42. The van der Waals surface area contributed by atoms with Crippen molar-refractivity contribution < 1.29 is 27.2 Å². The third-order valence-electron chi connectivity index (χ3n) is 5.62. The van der Waals surface area contributed by atoms with Crippen molar-refractivity contribution in [2.75, 3.05) is 13.6 Å². The Balaban J connectivity index is 1.41. The molecule has 4 heterocycles. The maximum atomic E-state index is 13.1. The van der Waals surface area contributed by atoms with Gasteiger partial charge in [0.05, 0.1) is 27.2 Å². The maximum absolute atomic E-state index is 13.1. The van der Waals surface area contributed by atoms with Crippen LogP contribution in [0.4, 0.5) is 13.2 Å². The van der Waals surface area contributed by atoms with Crippen LogP contribution in [0.2, 0.25) is 15.1 Å². The van der Waals surface area contributed by atoms with Gasteiger partial charge >= 0.3 is 6.18 Å². The number of hydrogen-bond acceptors (Lipinski definition) is 6. The number of likely N-dealkylation sites (N-methyl/N-ethyl adjacent to an activating group) is 1. The van der Waals surface area contributed by atoms with Gasteiger partial charge < -0.3 is 18.6 Å². The van der Waals surface area contributed by atoms with E-state index in [4.69, 9.17) is 44.1 Å². The first-order chi connectivity index (χ1) is 17.0. The first-order valence-electron chi connectivity index (χ1n) is 10.5. The van der Waals surface area contributed by atoms with Crippen LogP contribution in [0.5, 0.6) is 5.75 Å². The molecule has 0 bridgehead atoms. The highest BCUT2D eigenvalue weighted by atomic mass is 35.5. The Morgan fingerprint density at radius 1 is 1.08 bits per heavy atom. The van der Waals surface area contributed by atoms with Crippen LogP contribution >= 0.6 is 34.8 Å². The molecule has 8 nitrogen and oxygen atoms in total. The zero-order valence-corrected chi connectivity index (χ0v) is 20.6. The van der Waals surface area contributed by atoms with Crippen LogP contribution in [0.3, 0.4) is 0 Å². The van der Waals surface area contributed by atoms with E-state index in [0.717, 1.165) is 16.7 Å². The van der Waals surface area contributed by atoms with Gasteiger partial charge in [0.2, 0.25) is 11.7 Å². The van der Waals surface area contributed by atoms with Crippen molar-refractivity contribution in [2.24, 2.45) is 0 Å². The molecule has 1 amide bonds. The SMILES string of the molecule is CN1C[C@@H](Oc2cc(Cl)c(-c3noc(-c4cn5cc(C(F)(F)F)cc(Cl)c5n4)n3)cc2Cl)CCC1=O. The molecule has 0 unspecified atom stereocenters. The number of hydrogen-bond donors (Lipinski definition) is 0. The number of carbonyl (C=O) groups excluding carboxylic acids is 1. The second-order valence-corrected chi connectivity index (χ2v) is 9.39. The number of halogens is 6. The molecule has 5 rings (SSSR count). The molecule has 0 aliphatic carbocycles. The van der Waals surface area contributed by atoms with Crippen molar-refractivity contribution in [3.05, 3.63) is 51.2 Å². The number of carbonyl (C=O) groups is 1. The molecule has 1 aliphatic heterocycles. The minimum Gasteiger partial charge on any atom is -0.487 e. The number of pyridine rings is 1. The molecule has 0 radical (unpaired) electrons. The highest BCUT2D eigenvalue weighted by molar-refractivity contribution is 6.36. The predicted octanol–water partition coefficient (Wildman–Crippen LogP) is 6.03. The summed E-state index contributed by atoms with van der Waals surface area (Å²) in [6, 6.07) is 3.83. The molecule has 1 aromatic carbocycles. The minimum atomic E-state index is -4.57. The van der Waals surface area contributed by atoms with E-state index in [1.54, 1.807) is 11.9 Å². The van der Waals surface area contributed by atoms with Crippen LogP contribution < -0.4 is 4.74 Å². The number of aromatic nitrogens is 4. The van der Waals surface area contributed by atoms with Gasteiger partial charge in [-0.3, -0.25) is 4.79 Å². The Morgan fingerprint density at radius 2 is 1.86 bits per heavy atom. The third kappa shape index (κ3) is 4.70. The summed E-state index contributed by atoms with van der Waals surface area (Å²) in [7, 11) is 1.70. The van der Waals surface area contributed by atoms with Crippen LogP contribution in [0.1, 0.15) is 18.4 Å². The number of benzene rings is 1. The normalized spacial score (nSPS) is 16.7. The molecule has 0 N–H and O–H groups in total. The molecular formula is C22H15Cl3F3N5O3. The fraction of sp³-hybridized carbons (Fsp3) is 0.273. The third-order valence-corrected chi connectivity index (χ3v) is 6.50. The Kier molecular flexibility index (Phi) is 6.26. The Morgan fingerprint density at radius 3 is 2.58 bits per heavy atom. The summed E-state index contributed by atoms with van der Waals surface area (Å²) in [6.45, 7) is 0.427. The number of rotatable bonds is 4. The summed E-state index contributed by atoms with van der Waals surface area (Å²) in [5, 5.41) is 4.20. The zero-order chi connectivity index (χ0) is 25.8. The summed E-state index contributed by atoms with van der Waals surface area (Å²) in [5.74, 6) is 0.430. The van der Waals surface area contributed by atoms with E-state index < -0.39 is 11.7 Å². The van der Waals surface area contributed by atoms with Crippen LogP contribution in [0, 0.1) is 0 Å². The number of alkyl halides is 3. The Hall–Kier alpha value is -3.02. The molecule has 1 atom stereocenters. The van der Waals surface area contributed by atoms with Crippen molar-refractivity contribution in [1.29, 1.82) is 0 Å². The number of ether oxygens (including phenoxy) is 1. The summed E-state index contributed by atoms with van der Waals surface area (Å²) in [4.78, 5) is 21.7. The fourth-order valence-corrected chi connectivity index (χ4v) is 4.50. The summed E-state index contributed by atoms with van der Waals surface area (Å²) >= 11 is 18.8. The average Bonchev–Trinajstić information content (AvgIpc) is 3.45. The van der Waals surface area contributed by atoms with Gasteiger partial charge in [-0.15, -0.1) is 0 Å². The largest absolute Gasteiger partial charge is 0.487 e. The number of amides is 1. The van der Waals surface area contributed by atoms with Gasteiger partial charge in [-0.1, -0.05) is 40.0 Å². The van der Waals surface area contributed by atoms with Gasteiger partial charge in [-0.25, -0.2) is 4.98 Å². The topological polar surface area (TPSA) is 85.8 Å². The lowest BCUT2D eigenvalue weighted by atomic mass is 10.1. The Labute approximate surface area is 216 Å². The van der Waals surface area contributed by atoms with E-state index >= 15 is 0 Å². The van der Waals surface area contributed by atoms with E-state index in [2.05, 4.69) is 15.1 Å². The summed E-state index contributed by atoms with van der Waals surface area (Å²) in [6.07, 6.45) is -1.71. The number of imidazole rings is 1. The van der Waals surface area contributed by atoms with Gasteiger partial charge in [0, 0.05) is 37.5 Å². The lowest BCUT2D eigenvalue weighted by molar-refractivity contribution is -0.138. The zero-order valence-electron chi connectivity index (χ0n) is 18.3. The molecule has 1 saturated heterocycles. The van der Waals surface area contributed by atoms with Gasteiger partial charge in [0.1, 0.15) is 17.5 Å². The van der Waals surface area contributed by atoms with Gasteiger partial charge in [-0.2, -0.15) is 18.2 Å². The molecule has 14 heteroatoms. The second-order valence-electron chi connectivity index (χ2n) is 8.17. The van der Waals surface area contributed by atoms with Crippen molar-refractivity contribution in [3.8, 4) is 28.7 Å². The monoisotopic (exact) mass is 559 g/mol. The first-order valence-corrected chi connectivity index (χ1v) is 11.6. The van der Waals surface area contributed by atoms with Gasteiger partial charge in [-0.05, 0) is 18.6 Å². The molecule has 36 heavy (non-hydrogen) atoms. The molecule has 188 valence electrons. The standard InChI is InChI=1S/C22H15Cl3F3N5O3/c1-32-8-11(2-3-18(32)34)35-17-6-13(23)12(5-14(17)24)19-30-21(36-31-19)16-9-33-7-10(22(26,27)28)4-15(25)20(33)29-16/h4-7,9,11H,2-3,8H2,1H3/t11-/m0/s1. The first kappa shape index (κ1) is 24.7. The van der Waals surface area contributed by atoms with E-state index in [1.165, 1.54) is 18.3 Å². The van der Waals surface area contributed by atoms with E-state index in [9.17, 15) is 18.0 Å². The van der Waals surface area contributed by atoms with Crippen molar-refractivity contribution in [3.63, 3.8) is 0 Å². The van der Waals surface area contributed by atoms with E-state index in [1.807, 2.05) is 0 Å².